The number of sulfonamides is 1. The number of amides is 1. The molecule has 0 saturated carbocycles. The number of nitrogens with zero attached hydrogens (tertiary/aromatic N) is 1. The average Bonchev–Trinajstić information content (AvgIpc) is 2.58. The van der Waals surface area contributed by atoms with E-state index in [9.17, 15) is 13.2 Å². The Morgan fingerprint density at radius 1 is 1.15 bits per heavy atom. The first kappa shape index (κ1) is 21.3. The van der Waals surface area contributed by atoms with Gasteiger partial charge in [-0.3, -0.25) is 9.10 Å². The molecule has 2 rings (SSSR count). The number of rotatable bonds is 8. The zero-order valence-corrected chi connectivity index (χ0v) is 17.2. The normalized spacial score (nSPS) is 11.1. The minimum atomic E-state index is -3.71. The zero-order valence-electron chi connectivity index (χ0n) is 14.9. The van der Waals surface area contributed by atoms with Crippen molar-refractivity contribution in [2.75, 3.05) is 30.3 Å². The van der Waals surface area contributed by atoms with Gasteiger partial charge < -0.3 is 10.1 Å². The van der Waals surface area contributed by atoms with Crippen LogP contribution in [0.1, 0.15) is 5.56 Å². The molecule has 0 unspecified atom stereocenters. The summed E-state index contributed by atoms with van der Waals surface area (Å²) in [7, 11) is -3.71. The SMILES string of the molecule is Cc1ccc(OCCNC(=O)CN(c2ccc(Cl)cc2Cl)S(C)(=O)=O)cc1. The molecule has 1 N–H and O–H groups in total. The van der Waals surface area contributed by atoms with E-state index < -0.39 is 22.5 Å². The molecule has 2 aromatic rings. The lowest BCUT2D eigenvalue weighted by molar-refractivity contribution is -0.119. The summed E-state index contributed by atoms with van der Waals surface area (Å²) in [6, 6.07) is 11.9. The number of carbonyl (C=O) groups is 1. The maximum absolute atomic E-state index is 12.2. The minimum absolute atomic E-state index is 0.142. The molecular weight excluding hydrogens is 411 g/mol. The second-order valence-corrected chi connectivity index (χ2v) is 8.63. The van der Waals surface area contributed by atoms with Gasteiger partial charge in [0.05, 0.1) is 23.5 Å². The van der Waals surface area contributed by atoms with Gasteiger partial charge in [-0.1, -0.05) is 40.9 Å². The second-order valence-electron chi connectivity index (χ2n) is 5.88. The first-order valence-electron chi connectivity index (χ1n) is 8.06. The van der Waals surface area contributed by atoms with Crippen molar-refractivity contribution in [3.8, 4) is 5.75 Å². The number of benzene rings is 2. The Kier molecular flexibility index (Phi) is 7.35. The molecule has 0 aliphatic carbocycles. The Morgan fingerprint density at radius 2 is 1.81 bits per heavy atom. The summed E-state index contributed by atoms with van der Waals surface area (Å²) in [4.78, 5) is 12.2. The molecule has 0 saturated heterocycles. The number of hydrogen-bond donors (Lipinski definition) is 1. The average molecular weight is 431 g/mol. The number of ether oxygens (including phenoxy) is 1. The number of hydrogen-bond acceptors (Lipinski definition) is 4. The molecule has 0 atom stereocenters. The molecule has 0 spiro atoms. The van der Waals surface area contributed by atoms with Crippen molar-refractivity contribution in [2.45, 2.75) is 6.92 Å². The molecule has 0 fully saturated rings. The first-order chi connectivity index (χ1) is 12.7. The van der Waals surface area contributed by atoms with Crippen LogP contribution in [0.5, 0.6) is 5.75 Å². The van der Waals surface area contributed by atoms with Gasteiger partial charge in [-0.2, -0.15) is 0 Å². The Balaban J connectivity index is 1.93. The lowest BCUT2D eigenvalue weighted by Crippen LogP contribution is -2.41. The molecule has 0 aliphatic rings. The molecule has 0 heterocycles. The topological polar surface area (TPSA) is 75.7 Å². The van der Waals surface area contributed by atoms with E-state index in [1.807, 2.05) is 31.2 Å². The highest BCUT2D eigenvalue weighted by Crippen LogP contribution is 2.30. The van der Waals surface area contributed by atoms with Crippen LogP contribution in [0.15, 0.2) is 42.5 Å². The Labute approximate surface area is 169 Å². The van der Waals surface area contributed by atoms with E-state index in [1.165, 1.54) is 18.2 Å². The van der Waals surface area contributed by atoms with Gasteiger partial charge >= 0.3 is 0 Å². The van der Waals surface area contributed by atoms with Crippen LogP contribution in [0, 0.1) is 6.92 Å². The third kappa shape index (κ3) is 6.61. The molecule has 146 valence electrons. The van der Waals surface area contributed by atoms with Crippen molar-refractivity contribution in [1.29, 1.82) is 0 Å². The molecule has 0 radical (unpaired) electrons. The predicted molar refractivity (Wildman–Crippen MR) is 108 cm³/mol. The maximum Gasteiger partial charge on any atom is 0.240 e. The van der Waals surface area contributed by atoms with Crippen LogP contribution >= 0.6 is 23.2 Å². The standard InChI is InChI=1S/C18H20Cl2N2O4S/c1-13-3-6-15(7-4-13)26-10-9-21-18(23)12-22(27(2,24)25)17-8-5-14(19)11-16(17)20/h3-8,11H,9-10,12H2,1-2H3,(H,21,23). The third-order valence-electron chi connectivity index (χ3n) is 3.58. The molecule has 9 heteroatoms. The number of nitrogens with one attached hydrogen (secondary N) is 1. The fraction of sp³-hybridized carbons (Fsp3) is 0.278. The summed E-state index contributed by atoms with van der Waals surface area (Å²) in [6.45, 7) is 2.07. The fourth-order valence-corrected chi connectivity index (χ4v) is 3.67. The van der Waals surface area contributed by atoms with Crippen LogP contribution in [0.2, 0.25) is 10.0 Å². The molecular formula is C18H20Cl2N2O4S. The highest BCUT2D eigenvalue weighted by Gasteiger charge is 2.23. The molecule has 0 aliphatic heterocycles. The fourth-order valence-electron chi connectivity index (χ4n) is 2.24. The van der Waals surface area contributed by atoms with Gasteiger partial charge in [0.25, 0.3) is 0 Å². The molecule has 0 aromatic heterocycles. The lowest BCUT2D eigenvalue weighted by atomic mass is 10.2. The van der Waals surface area contributed by atoms with E-state index in [0.717, 1.165) is 16.1 Å². The van der Waals surface area contributed by atoms with E-state index in [1.54, 1.807) is 0 Å². The van der Waals surface area contributed by atoms with Gasteiger partial charge in [0.15, 0.2) is 0 Å². The number of carbonyl (C=O) groups excluding carboxylic acids is 1. The van der Waals surface area contributed by atoms with Crippen LogP contribution in [0.3, 0.4) is 0 Å². The van der Waals surface area contributed by atoms with E-state index in [-0.39, 0.29) is 23.9 Å². The van der Waals surface area contributed by atoms with Crippen LogP contribution in [0.4, 0.5) is 5.69 Å². The third-order valence-corrected chi connectivity index (χ3v) is 5.24. The summed E-state index contributed by atoms with van der Waals surface area (Å²) in [6.07, 6.45) is 1.01. The van der Waals surface area contributed by atoms with Gasteiger partial charge in [0.2, 0.25) is 15.9 Å². The van der Waals surface area contributed by atoms with E-state index >= 15 is 0 Å². The zero-order chi connectivity index (χ0) is 20.0. The van der Waals surface area contributed by atoms with Crippen molar-refractivity contribution in [2.24, 2.45) is 0 Å². The predicted octanol–water partition coefficient (Wildman–Crippen LogP) is 3.26. The van der Waals surface area contributed by atoms with Crippen LogP contribution in [0.25, 0.3) is 0 Å². The Bertz CT molecular complexity index is 902. The van der Waals surface area contributed by atoms with E-state index in [0.29, 0.717) is 10.8 Å². The smallest absolute Gasteiger partial charge is 0.240 e. The van der Waals surface area contributed by atoms with Crippen molar-refractivity contribution in [1.82, 2.24) is 5.32 Å². The second kappa shape index (κ2) is 9.30. The first-order valence-corrected chi connectivity index (χ1v) is 10.7. The van der Waals surface area contributed by atoms with Gasteiger partial charge in [-0.15, -0.1) is 0 Å². The monoisotopic (exact) mass is 430 g/mol. The minimum Gasteiger partial charge on any atom is -0.492 e. The summed E-state index contributed by atoms with van der Waals surface area (Å²) < 4.78 is 30.6. The summed E-state index contributed by atoms with van der Waals surface area (Å²) >= 11 is 11.9. The number of halogens is 2. The highest BCUT2D eigenvalue weighted by molar-refractivity contribution is 7.92. The Morgan fingerprint density at radius 3 is 2.41 bits per heavy atom. The molecule has 27 heavy (non-hydrogen) atoms. The van der Waals surface area contributed by atoms with Crippen molar-refractivity contribution < 1.29 is 17.9 Å². The molecule has 2 aromatic carbocycles. The van der Waals surface area contributed by atoms with Crippen molar-refractivity contribution in [3.63, 3.8) is 0 Å². The molecule has 1 amide bonds. The van der Waals surface area contributed by atoms with Gasteiger partial charge in [0.1, 0.15) is 18.9 Å². The van der Waals surface area contributed by atoms with Crippen LogP contribution in [-0.2, 0) is 14.8 Å². The number of aryl methyl sites for hydroxylation is 1. The summed E-state index contributed by atoms with van der Waals surface area (Å²) in [5.41, 5.74) is 1.31. The van der Waals surface area contributed by atoms with E-state index in [2.05, 4.69) is 5.32 Å². The quantitative estimate of drug-likeness (QED) is 0.651. The number of anilines is 1. The maximum atomic E-state index is 12.2. The summed E-state index contributed by atoms with van der Waals surface area (Å²) in [5.74, 6) is 0.222. The van der Waals surface area contributed by atoms with Crippen molar-refractivity contribution in [3.05, 3.63) is 58.1 Å². The van der Waals surface area contributed by atoms with Gasteiger partial charge in [-0.25, -0.2) is 8.42 Å². The van der Waals surface area contributed by atoms with Crippen LogP contribution in [-0.4, -0.2) is 40.3 Å². The highest BCUT2D eigenvalue weighted by atomic mass is 35.5. The van der Waals surface area contributed by atoms with Crippen molar-refractivity contribution >= 4 is 44.8 Å². The molecule has 0 bridgehead atoms. The molecule has 6 nitrogen and oxygen atoms in total. The van der Waals surface area contributed by atoms with Gasteiger partial charge in [-0.05, 0) is 37.3 Å². The van der Waals surface area contributed by atoms with E-state index in [4.69, 9.17) is 27.9 Å². The van der Waals surface area contributed by atoms with Gasteiger partial charge in [0, 0.05) is 5.02 Å². The van der Waals surface area contributed by atoms with Crippen LogP contribution < -0.4 is 14.4 Å². The lowest BCUT2D eigenvalue weighted by Gasteiger charge is -2.23. The Hall–Kier alpha value is -1.96. The largest absolute Gasteiger partial charge is 0.492 e. The summed E-state index contributed by atoms with van der Waals surface area (Å²) in [5, 5.41) is 3.14.